The molecular formula is C29H27F3N2O5. The van der Waals surface area contributed by atoms with Crippen molar-refractivity contribution in [3.05, 3.63) is 94.5 Å². The summed E-state index contributed by atoms with van der Waals surface area (Å²) < 4.78 is 48.2. The molecular weight excluding hydrogens is 513 g/mol. The lowest BCUT2D eigenvalue weighted by Gasteiger charge is -2.32. The second kappa shape index (κ2) is 11.1. The van der Waals surface area contributed by atoms with Gasteiger partial charge >= 0.3 is 12.3 Å². The van der Waals surface area contributed by atoms with Gasteiger partial charge in [0, 0.05) is 29.1 Å². The van der Waals surface area contributed by atoms with Crippen molar-refractivity contribution < 1.29 is 37.0 Å². The average Bonchev–Trinajstić information content (AvgIpc) is 3.34. The number of carbonyl (C=O) groups excluding carboxylic acids is 1. The maximum Gasteiger partial charge on any atom is 0.573 e. The van der Waals surface area contributed by atoms with Crippen LogP contribution in [0.15, 0.2) is 87.6 Å². The molecule has 0 bridgehead atoms. The fraction of sp³-hybridized carbons (Fsp3) is 0.241. The van der Waals surface area contributed by atoms with Gasteiger partial charge in [0.05, 0.1) is 17.1 Å². The Bertz CT molecular complexity index is 1450. The number of allylic oxidation sites excluding steroid dienone is 3. The van der Waals surface area contributed by atoms with Crippen LogP contribution in [0.1, 0.15) is 43.4 Å². The summed E-state index contributed by atoms with van der Waals surface area (Å²) in [6.07, 6.45) is -3.35. The van der Waals surface area contributed by atoms with E-state index >= 15 is 0 Å². The first-order chi connectivity index (χ1) is 18.5. The zero-order chi connectivity index (χ0) is 28.3. The Morgan fingerprint density at radius 2 is 1.74 bits per heavy atom. The smallest absolute Gasteiger partial charge is 0.478 e. The second-order valence-corrected chi connectivity index (χ2v) is 9.17. The number of aliphatic carboxylic acids is 1. The van der Waals surface area contributed by atoms with Gasteiger partial charge in [0.15, 0.2) is 5.78 Å². The highest BCUT2D eigenvalue weighted by Crippen LogP contribution is 2.44. The van der Waals surface area contributed by atoms with E-state index in [1.165, 1.54) is 30.3 Å². The quantitative estimate of drug-likeness (QED) is 0.325. The molecule has 2 aliphatic rings. The average molecular weight is 541 g/mol. The number of dihydropyridines is 1. The van der Waals surface area contributed by atoms with E-state index in [1.807, 2.05) is 31.2 Å². The maximum atomic E-state index is 12.8. The number of hydrogen-bond acceptors (Lipinski definition) is 6. The van der Waals surface area contributed by atoms with Crippen LogP contribution in [0.25, 0.3) is 11.3 Å². The van der Waals surface area contributed by atoms with Crippen LogP contribution in [0.2, 0.25) is 0 Å². The van der Waals surface area contributed by atoms with E-state index in [1.54, 1.807) is 6.92 Å². The fourth-order valence-corrected chi connectivity index (χ4v) is 4.67. The Labute approximate surface area is 222 Å². The Morgan fingerprint density at radius 1 is 1.05 bits per heavy atom. The number of para-hydroxylation sites is 2. The zero-order valence-corrected chi connectivity index (χ0v) is 21.3. The number of ether oxygens (including phenoxy) is 1. The normalized spacial score (nSPS) is 17.2. The van der Waals surface area contributed by atoms with Gasteiger partial charge in [-0.15, -0.1) is 13.2 Å². The van der Waals surface area contributed by atoms with Crippen LogP contribution in [-0.4, -0.2) is 23.2 Å². The van der Waals surface area contributed by atoms with Gasteiger partial charge in [-0.2, -0.15) is 0 Å². The number of carbonyl (C=O) groups is 2. The molecule has 1 aliphatic heterocycles. The number of anilines is 1. The molecule has 5 rings (SSSR count). The van der Waals surface area contributed by atoms with Gasteiger partial charge in [-0.05, 0) is 62.6 Å². The summed E-state index contributed by atoms with van der Waals surface area (Å²) in [5.41, 5.74) is 8.94. The number of alkyl halides is 3. The number of Topliss-reactive ketones (excluding diaryl/α,β-unsaturated/α-hetero) is 1. The second-order valence-electron chi connectivity index (χ2n) is 9.17. The summed E-state index contributed by atoms with van der Waals surface area (Å²) >= 11 is 0. The Hall–Kier alpha value is -4.47. The highest BCUT2D eigenvalue weighted by atomic mass is 19.4. The molecule has 39 heavy (non-hydrogen) atoms. The molecule has 10 heteroatoms. The maximum absolute atomic E-state index is 12.8. The standard InChI is InChI=1S/C22H18F3NO5.C7H9N/c1-11-18(21(28)29)20(19-13(26-11)6-4-7-14(19)27)17-10-9-15(30-17)12-5-2-3-8-16(12)31-22(23,24)25;1-6-4-2-3-5-7(6)8/h2-3,5,8-10,20,26H,4,6-7H2,1H3,(H,28,29);2-5H,8H2,1H3. The van der Waals surface area contributed by atoms with Gasteiger partial charge in [-0.3, -0.25) is 4.79 Å². The van der Waals surface area contributed by atoms with Crippen molar-refractivity contribution in [3.8, 4) is 17.1 Å². The van der Waals surface area contributed by atoms with Crippen molar-refractivity contribution in [3.63, 3.8) is 0 Å². The third kappa shape index (κ3) is 6.17. The molecule has 1 aromatic heterocycles. The number of carboxylic acid groups (broad SMARTS) is 1. The van der Waals surface area contributed by atoms with E-state index in [0.717, 1.165) is 17.3 Å². The van der Waals surface area contributed by atoms with Crippen molar-refractivity contribution in [2.24, 2.45) is 0 Å². The Morgan fingerprint density at radius 3 is 2.38 bits per heavy atom. The number of aryl methyl sites for hydroxylation is 1. The van der Waals surface area contributed by atoms with E-state index in [4.69, 9.17) is 10.2 Å². The van der Waals surface area contributed by atoms with Crippen molar-refractivity contribution in [1.82, 2.24) is 5.32 Å². The molecule has 0 saturated heterocycles. The van der Waals surface area contributed by atoms with Crippen LogP contribution in [-0.2, 0) is 9.59 Å². The molecule has 204 valence electrons. The van der Waals surface area contributed by atoms with Gasteiger partial charge in [-0.25, -0.2) is 4.79 Å². The summed E-state index contributed by atoms with van der Waals surface area (Å²) in [6, 6.07) is 16.2. The fourth-order valence-electron chi connectivity index (χ4n) is 4.67. The number of ketones is 1. The van der Waals surface area contributed by atoms with Crippen LogP contribution in [0.4, 0.5) is 18.9 Å². The Kier molecular flexibility index (Phi) is 7.85. The van der Waals surface area contributed by atoms with E-state index < -0.39 is 24.0 Å². The monoisotopic (exact) mass is 540 g/mol. The number of nitrogen functional groups attached to an aromatic ring is 1. The molecule has 1 aliphatic carbocycles. The van der Waals surface area contributed by atoms with Crippen LogP contribution >= 0.6 is 0 Å². The summed E-state index contributed by atoms with van der Waals surface area (Å²) in [6.45, 7) is 3.60. The van der Waals surface area contributed by atoms with E-state index in [2.05, 4.69) is 10.1 Å². The van der Waals surface area contributed by atoms with Gasteiger partial charge in [-0.1, -0.05) is 30.3 Å². The molecule has 1 unspecified atom stereocenters. The largest absolute Gasteiger partial charge is 0.573 e. The first-order valence-corrected chi connectivity index (χ1v) is 12.2. The molecule has 0 spiro atoms. The zero-order valence-electron chi connectivity index (χ0n) is 21.3. The van der Waals surface area contributed by atoms with Gasteiger partial charge < -0.3 is 25.3 Å². The first-order valence-electron chi connectivity index (χ1n) is 12.2. The summed E-state index contributed by atoms with van der Waals surface area (Å²) in [5, 5.41) is 12.8. The number of nitrogens with two attached hydrogens (primary N) is 1. The number of rotatable bonds is 4. The van der Waals surface area contributed by atoms with Crippen molar-refractivity contribution in [2.75, 3.05) is 5.73 Å². The van der Waals surface area contributed by atoms with Crippen LogP contribution in [0.3, 0.4) is 0 Å². The van der Waals surface area contributed by atoms with E-state index in [0.29, 0.717) is 36.2 Å². The number of hydrogen-bond donors (Lipinski definition) is 3. The number of furan rings is 1. The molecule has 1 atom stereocenters. The van der Waals surface area contributed by atoms with Crippen molar-refractivity contribution >= 4 is 17.4 Å². The Balaban J connectivity index is 0.000000379. The minimum atomic E-state index is -4.88. The molecule has 0 radical (unpaired) electrons. The van der Waals surface area contributed by atoms with Gasteiger partial charge in [0.2, 0.25) is 0 Å². The number of benzene rings is 2. The van der Waals surface area contributed by atoms with Crippen LogP contribution in [0, 0.1) is 6.92 Å². The van der Waals surface area contributed by atoms with Crippen molar-refractivity contribution in [2.45, 2.75) is 45.4 Å². The lowest BCUT2D eigenvalue weighted by Crippen LogP contribution is -2.33. The summed E-state index contributed by atoms with van der Waals surface area (Å²) in [5.74, 6) is -2.55. The third-order valence-electron chi connectivity index (χ3n) is 6.48. The van der Waals surface area contributed by atoms with Crippen LogP contribution < -0.4 is 15.8 Å². The first kappa shape index (κ1) is 27.6. The van der Waals surface area contributed by atoms with E-state index in [-0.39, 0.29) is 28.4 Å². The number of nitrogens with one attached hydrogen (secondary N) is 1. The third-order valence-corrected chi connectivity index (χ3v) is 6.48. The molecule has 3 aromatic rings. The molecule has 2 heterocycles. The minimum Gasteiger partial charge on any atom is -0.478 e. The lowest BCUT2D eigenvalue weighted by atomic mass is 9.77. The number of halogens is 3. The highest BCUT2D eigenvalue weighted by molar-refractivity contribution is 6.03. The summed E-state index contributed by atoms with van der Waals surface area (Å²) in [4.78, 5) is 24.7. The van der Waals surface area contributed by atoms with E-state index in [9.17, 15) is 27.9 Å². The van der Waals surface area contributed by atoms with Crippen LogP contribution in [0.5, 0.6) is 5.75 Å². The minimum absolute atomic E-state index is 0.0327. The van der Waals surface area contributed by atoms with Crippen molar-refractivity contribution in [1.29, 1.82) is 0 Å². The predicted molar refractivity (Wildman–Crippen MR) is 139 cm³/mol. The van der Waals surface area contributed by atoms with Gasteiger partial charge in [0.1, 0.15) is 17.3 Å². The predicted octanol–water partition coefficient (Wildman–Crippen LogP) is 6.47. The molecule has 4 N–H and O–H groups in total. The number of carboxylic acids is 1. The SMILES string of the molecule is CC1=C(C(=O)O)C(c2ccc(-c3ccccc3OC(F)(F)F)o2)C2=C(CCCC2=O)N1.Cc1ccccc1N. The molecule has 0 amide bonds. The molecule has 0 saturated carbocycles. The topological polar surface area (TPSA) is 115 Å². The highest BCUT2D eigenvalue weighted by Gasteiger charge is 2.40. The molecule has 2 aromatic carbocycles. The summed E-state index contributed by atoms with van der Waals surface area (Å²) in [7, 11) is 0. The lowest BCUT2D eigenvalue weighted by molar-refractivity contribution is -0.274. The molecule has 0 fully saturated rings. The molecule has 7 nitrogen and oxygen atoms in total. The van der Waals surface area contributed by atoms with Gasteiger partial charge in [0.25, 0.3) is 0 Å².